The molecule has 0 aromatic heterocycles. The summed E-state index contributed by atoms with van der Waals surface area (Å²) < 4.78 is 5.92. The second-order valence-electron chi connectivity index (χ2n) is 5.71. The van der Waals surface area contributed by atoms with E-state index in [1.54, 1.807) is 0 Å². The highest BCUT2D eigenvalue weighted by Gasteiger charge is 2.36. The second kappa shape index (κ2) is 4.00. The smallest absolute Gasteiger partial charge is 0.0653 e. The van der Waals surface area contributed by atoms with Crippen LogP contribution < -0.4 is 0 Å². The van der Waals surface area contributed by atoms with Gasteiger partial charge in [-0.1, -0.05) is 34.6 Å². The van der Waals surface area contributed by atoms with Crippen molar-refractivity contribution in [1.29, 1.82) is 0 Å². The molecule has 0 amide bonds. The normalized spacial score (nSPS) is 30.9. The molecule has 13 heavy (non-hydrogen) atoms. The summed E-state index contributed by atoms with van der Waals surface area (Å²) in [4.78, 5) is 0. The molecule has 1 aliphatic rings. The van der Waals surface area contributed by atoms with E-state index in [4.69, 9.17) is 4.74 Å². The molecule has 1 nitrogen and oxygen atoms in total. The van der Waals surface area contributed by atoms with Crippen LogP contribution in [0.3, 0.4) is 0 Å². The van der Waals surface area contributed by atoms with E-state index in [2.05, 4.69) is 34.6 Å². The first-order chi connectivity index (χ1) is 5.93. The van der Waals surface area contributed by atoms with Gasteiger partial charge in [0.05, 0.1) is 6.10 Å². The van der Waals surface area contributed by atoms with Gasteiger partial charge >= 0.3 is 0 Å². The molecule has 0 spiro atoms. The Labute approximate surface area is 82.9 Å². The zero-order chi connectivity index (χ0) is 10.1. The summed E-state index contributed by atoms with van der Waals surface area (Å²) in [5.74, 6) is 1.51. The van der Waals surface area contributed by atoms with Gasteiger partial charge in [0.1, 0.15) is 0 Å². The van der Waals surface area contributed by atoms with Gasteiger partial charge in [-0.25, -0.2) is 0 Å². The molecule has 1 aliphatic heterocycles. The Morgan fingerprint density at radius 3 is 2.23 bits per heavy atom. The Morgan fingerprint density at radius 1 is 1.23 bits per heavy atom. The van der Waals surface area contributed by atoms with E-state index in [-0.39, 0.29) is 0 Å². The molecule has 1 saturated heterocycles. The van der Waals surface area contributed by atoms with Crippen LogP contribution >= 0.6 is 0 Å². The minimum atomic E-state index is 0.301. The van der Waals surface area contributed by atoms with Crippen LogP contribution in [0.4, 0.5) is 0 Å². The molecule has 2 atom stereocenters. The van der Waals surface area contributed by atoms with Crippen molar-refractivity contribution in [2.75, 3.05) is 6.61 Å². The zero-order valence-corrected chi connectivity index (χ0v) is 9.76. The lowest BCUT2D eigenvalue weighted by Gasteiger charge is -2.42. The summed E-state index contributed by atoms with van der Waals surface area (Å²) in [5.41, 5.74) is 0.301. The van der Waals surface area contributed by atoms with E-state index < -0.39 is 0 Å². The predicted molar refractivity (Wildman–Crippen MR) is 56.8 cm³/mol. The van der Waals surface area contributed by atoms with Crippen LogP contribution in [0.5, 0.6) is 0 Å². The fourth-order valence-electron chi connectivity index (χ4n) is 2.38. The Balaban J connectivity index is 2.67. The average Bonchev–Trinajstić information content (AvgIpc) is 2.03. The molecule has 0 aromatic carbocycles. The van der Waals surface area contributed by atoms with Crippen molar-refractivity contribution in [3.8, 4) is 0 Å². The van der Waals surface area contributed by atoms with Crippen LogP contribution in [-0.2, 0) is 4.74 Å². The van der Waals surface area contributed by atoms with Crippen molar-refractivity contribution in [2.24, 2.45) is 17.3 Å². The number of hydrogen-bond donors (Lipinski definition) is 0. The van der Waals surface area contributed by atoms with Crippen molar-refractivity contribution < 1.29 is 4.74 Å². The number of rotatable bonds is 1. The Morgan fingerprint density at radius 2 is 1.85 bits per heavy atom. The van der Waals surface area contributed by atoms with Gasteiger partial charge in [0, 0.05) is 6.61 Å². The van der Waals surface area contributed by atoms with E-state index in [1.165, 1.54) is 12.8 Å². The van der Waals surface area contributed by atoms with Crippen LogP contribution in [0, 0.1) is 17.3 Å². The van der Waals surface area contributed by atoms with E-state index in [0.29, 0.717) is 11.5 Å². The summed E-state index contributed by atoms with van der Waals surface area (Å²) in [6.45, 7) is 12.5. The van der Waals surface area contributed by atoms with Gasteiger partial charge in [0.15, 0.2) is 0 Å². The molecule has 0 bridgehead atoms. The van der Waals surface area contributed by atoms with E-state index in [9.17, 15) is 0 Å². The van der Waals surface area contributed by atoms with Gasteiger partial charge in [-0.2, -0.15) is 0 Å². The third kappa shape index (κ3) is 2.70. The molecule has 1 heterocycles. The van der Waals surface area contributed by atoms with Crippen molar-refractivity contribution in [1.82, 2.24) is 0 Å². The van der Waals surface area contributed by atoms with Crippen molar-refractivity contribution in [3.05, 3.63) is 0 Å². The lowest BCUT2D eigenvalue weighted by Crippen LogP contribution is -2.42. The molecule has 0 aromatic rings. The highest BCUT2D eigenvalue weighted by molar-refractivity contribution is 4.85. The van der Waals surface area contributed by atoms with Crippen molar-refractivity contribution >= 4 is 0 Å². The molecule has 1 fully saturated rings. The fourth-order valence-corrected chi connectivity index (χ4v) is 2.38. The third-order valence-corrected chi connectivity index (χ3v) is 3.08. The summed E-state index contributed by atoms with van der Waals surface area (Å²) in [6.07, 6.45) is 3.05. The van der Waals surface area contributed by atoms with Crippen LogP contribution in [0.1, 0.15) is 47.5 Å². The second-order valence-corrected chi connectivity index (χ2v) is 5.71. The predicted octanol–water partition coefficient (Wildman–Crippen LogP) is 3.48. The topological polar surface area (TPSA) is 9.23 Å². The maximum atomic E-state index is 5.92. The maximum absolute atomic E-state index is 5.92. The molecular formula is C12H24O. The highest BCUT2D eigenvalue weighted by Crippen LogP contribution is 2.37. The molecule has 0 saturated carbocycles. The third-order valence-electron chi connectivity index (χ3n) is 3.08. The maximum Gasteiger partial charge on any atom is 0.0653 e. The molecule has 0 N–H and O–H groups in total. The minimum absolute atomic E-state index is 0.301. The molecule has 1 heteroatoms. The summed E-state index contributed by atoms with van der Waals surface area (Å²) in [6, 6.07) is 0. The van der Waals surface area contributed by atoms with Gasteiger partial charge in [0.25, 0.3) is 0 Å². The van der Waals surface area contributed by atoms with Crippen LogP contribution in [-0.4, -0.2) is 12.7 Å². The van der Waals surface area contributed by atoms with Crippen molar-refractivity contribution in [3.63, 3.8) is 0 Å². The first kappa shape index (κ1) is 11.0. The van der Waals surface area contributed by atoms with E-state index >= 15 is 0 Å². The first-order valence-electron chi connectivity index (χ1n) is 5.54. The highest BCUT2D eigenvalue weighted by atomic mass is 16.5. The quantitative estimate of drug-likeness (QED) is 0.606. The molecule has 0 aliphatic carbocycles. The molecular weight excluding hydrogens is 160 g/mol. The Kier molecular flexibility index (Phi) is 3.39. The molecule has 78 valence electrons. The monoisotopic (exact) mass is 184 g/mol. The van der Waals surface area contributed by atoms with Crippen LogP contribution in [0.25, 0.3) is 0 Å². The molecule has 1 rings (SSSR count). The fraction of sp³-hybridized carbons (Fsp3) is 1.00. The van der Waals surface area contributed by atoms with Gasteiger partial charge in [-0.3, -0.25) is 0 Å². The van der Waals surface area contributed by atoms with Gasteiger partial charge < -0.3 is 4.74 Å². The summed E-state index contributed by atoms with van der Waals surface area (Å²) in [7, 11) is 0. The summed E-state index contributed by atoms with van der Waals surface area (Å²) >= 11 is 0. The average molecular weight is 184 g/mol. The summed E-state index contributed by atoms with van der Waals surface area (Å²) in [5, 5.41) is 0. The van der Waals surface area contributed by atoms with E-state index in [1.807, 2.05) is 0 Å². The zero-order valence-electron chi connectivity index (χ0n) is 9.76. The van der Waals surface area contributed by atoms with Gasteiger partial charge in [0.2, 0.25) is 0 Å². The Hall–Kier alpha value is -0.0400. The first-order valence-corrected chi connectivity index (χ1v) is 5.54. The minimum Gasteiger partial charge on any atom is -0.377 e. The van der Waals surface area contributed by atoms with Crippen molar-refractivity contribution in [2.45, 2.75) is 53.6 Å². The number of ether oxygens (including phenoxy) is 1. The van der Waals surface area contributed by atoms with E-state index in [0.717, 1.165) is 18.4 Å². The molecule has 0 radical (unpaired) electrons. The molecule has 1 unspecified atom stereocenters. The van der Waals surface area contributed by atoms with Crippen LogP contribution in [0.2, 0.25) is 0 Å². The lowest BCUT2D eigenvalue weighted by atomic mass is 9.73. The standard InChI is InChI=1S/C12H24O/c1-9(2)10-7-6-8-13-11(10)12(3,4)5/h9-11H,6-8H2,1-5H3/t10-,11?/m1/s1. The Bertz CT molecular complexity index is 155. The number of hydrogen-bond acceptors (Lipinski definition) is 1. The lowest BCUT2D eigenvalue weighted by molar-refractivity contribution is -0.0976. The van der Waals surface area contributed by atoms with Gasteiger partial charge in [-0.15, -0.1) is 0 Å². The largest absolute Gasteiger partial charge is 0.377 e. The SMILES string of the molecule is CC(C)[C@H]1CCCOC1C(C)(C)C. The van der Waals surface area contributed by atoms with Gasteiger partial charge in [-0.05, 0) is 30.1 Å². The van der Waals surface area contributed by atoms with Crippen LogP contribution in [0.15, 0.2) is 0 Å².